The molecule has 2 heterocycles. The lowest BCUT2D eigenvalue weighted by Crippen LogP contribution is -2.26. The zero-order valence-corrected chi connectivity index (χ0v) is 10.4. The van der Waals surface area contributed by atoms with E-state index in [1.807, 2.05) is 36.5 Å². The molecule has 0 radical (unpaired) electrons. The highest BCUT2D eigenvalue weighted by molar-refractivity contribution is 5.97. The number of nitrogens with zero attached hydrogens (tertiary/aromatic N) is 3. The van der Waals surface area contributed by atoms with Gasteiger partial charge in [0, 0.05) is 37.9 Å². The van der Waals surface area contributed by atoms with Crippen molar-refractivity contribution in [2.45, 2.75) is 6.42 Å². The second kappa shape index (κ2) is 4.85. The van der Waals surface area contributed by atoms with E-state index in [0.29, 0.717) is 13.0 Å². The number of carbonyl (C=O) groups excluding carboxylic acids is 1. The number of rotatable bonds is 3. The molecule has 3 rings (SSSR count). The predicted octanol–water partition coefficient (Wildman–Crippen LogP) is 1.22. The van der Waals surface area contributed by atoms with Crippen molar-refractivity contribution in [3.8, 4) is 5.69 Å². The topological polar surface area (TPSA) is 58.4 Å². The van der Waals surface area contributed by atoms with Gasteiger partial charge in [0.1, 0.15) is 0 Å². The molecule has 1 atom stereocenters. The van der Waals surface area contributed by atoms with Crippen LogP contribution in [-0.4, -0.2) is 33.9 Å². The lowest BCUT2D eigenvalue weighted by atomic mass is 10.1. The summed E-state index contributed by atoms with van der Waals surface area (Å²) in [7, 11) is 0. The Kier molecular flexibility index (Phi) is 3.05. The SMILES string of the molecule is O=C1CC(CO)CN1c1ccccc1-n1cccn1. The van der Waals surface area contributed by atoms with E-state index >= 15 is 0 Å². The molecule has 1 aromatic heterocycles. The Balaban J connectivity index is 2.00. The number of carbonyl (C=O) groups is 1. The molecule has 1 aliphatic rings. The summed E-state index contributed by atoms with van der Waals surface area (Å²) < 4.78 is 1.74. The van der Waals surface area contributed by atoms with Crippen LogP contribution in [0.15, 0.2) is 42.7 Å². The monoisotopic (exact) mass is 257 g/mol. The van der Waals surface area contributed by atoms with Crippen molar-refractivity contribution < 1.29 is 9.90 Å². The fourth-order valence-electron chi connectivity index (χ4n) is 2.43. The molecule has 0 spiro atoms. The molecule has 1 N–H and O–H groups in total. The van der Waals surface area contributed by atoms with Crippen LogP contribution in [0, 0.1) is 5.92 Å². The van der Waals surface area contributed by atoms with Crippen molar-refractivity contribution in [3.05, 3.63) is 42.7 Å². The van der Waals surface area contributed by atoms with Gasteiger partial charge in [0.25, 0.3) is 0 Å². The Morgan fingerprint density at radius 2 is 2.05 bits per heavy atom. The standard InChI is InChI=1S/C14H15N3O2/c18-10-11-8-14(19)16(9-11)12-4-1-2-5-13(12)17-7-3-6-15-17/h1-7,11,18H,8-10H2. The van der Waals surface area contributed by atoms with Gasteiger partial charge >= 0.3 is 0 Å². The van der Waals surface area contributed by atoms with Crippen LogP contribution in [0.3, 0.4) is 0 Å². The molecular formula is C14H15N3O2. The highest BCUT2D eigenvalue weighted by atomic mass is 16.3. The highest BCUT2D eigenvalue weighted by Gasteiger charge is 2.31. The third kappa shape index (κ3) is 2.13. The average molecular weight is 257 g/mol. The summed E-state index contributed by atoms with van der Waals surface area (Å²) in [6.45, 7) is 0.611. The molecule has 0 saturated carbocycles. The number of aliphatic hydroxyl groups is 1. The molecule has 2 aromatic rings. The molecular weight excluding hydrogens is 242 g/mol. The van der Waals surface area contributed by atoms with E-state index in [2.05, 4.69) is 5.10 Å². The first-order chi connectivity index (χ1) is 9.29. The Morgan fingerprint density at radius 3 is 2.68 bits per heavy atom. The molecule has 5 nitrogen and oxygen atoms in total. The Labute approximate surface area is 111 Å². The first-order valence-electron chi connectivity index (χ1n) is 6.30. The van der Waals surface area contributed by atoms with Gasteiger partial charge in [-0.2, -0.15) is 5.10 Å². The largest absolute Gasteiger partial charge is 0.396 e. The Hall–Kier alpha value is -2.14. The normalized spacial score (nSPS) is 19.1. The van der Waals surface area contributed by atoms with Crippen LogP contribution in [0.1, 0.15) is 6.42 Å². The first-order valence-corrected chi connectivity index (χ1v) is 6.30. The molecule has 1 unspecified atom stereocenters. The van der Waals surface area contributed by atoms with Crippen LogP contribution in [0.25, 0.3) is 5.69 Å². The smallest absolute Gasteiger partial charge is 0.227 e. The summed E-state index contributed by atoms with van der Waals surface area (Å²) in [5, 5.41) is 13.4. The number of amides is 1. The molecule has 5 heteroatoms. The first kappa shape index (κ1) is 11.9. The lowest BCUT2D eigenvalue weighted by molar-refractivity contribution is -0.117. The molecule has 0 bridgehead atoms. The van der Waals surface area contributed by atoms with E-state index in [0.717, 1.165) is 11.4 Å². The van der Waals surface area contributed by atoms with Gasteiger partial charge in [-0.3, -0.25) is 4.79 Å². The molecule has 1 fully saturated rings. The number of hydrogen-bond acceptors (Lipinski definition) is 3. The minimum Gasteiger partial charge on any atom is -0.396 e. The summed E-state index contributed by atoms with van der Waals surface area (Å²) >= 11 is 0. The van der Waals surface area contributed by atoms with Crippen LogP contribution >= 0.6 is 0 Å². The number of anilines is 1. The van der Waals surface area contributed by atoms with Crippen molar-refractivity contribution in [2.24, 2.45) is 5.92 Å². The van der Waals surface area contributed by atoms with Crippen molar-refractivity contribution in [2.75, 3.05) is 18.1 Å². The molecule has 0 aliphatic carbocycles. The van der Waals surface area contributed by atoms with E-state index in [9.17, 15) is 9.90 Å². The third-order valence-corrected chi connectivity index (χ3v) is 3.39. The van der Waals surface area contributed by atoms with Gasteiger partial charge in [-0.1, -0.05) is 12.1 Å². The maximum Gasteiger partial charge on any atom is 0.227 e. The van der Waals surface area contributed by atoms with Gasteiger partial charge in [-0.05, 0) is 18.2 Å². The van der Waals surface area contributed by atoms with Gasteiger partial charge in [0.05, 0.1) is 11.4 Å². The maximum absolute atomic E-state index is 12.1. The Morgan fingerprint density at radius 1 is 1.26 bits per heavy atom. The van der Waals surface area contributed by atoms with Crippen LogP contribution in [0.5, 0.6) is 0 Å². The van der Waals surface area contributed by atoms with Crippen LogP contribution in [0.4, 0.5) is 5.69 Å². The van der Waals surface area contributed by atoms with Crippen LogP contribution in [0.2, 0.25) is 0 Å². The summed E-state index contributed by atoms with van der Waals surface area (Å²) in [5.41, 5.74) is 1.71. The maximum atomic E-state index is 12.1. The fourth-order valence-corrected chi connectivity index (χ4v) is 2.43. The minimum absolute atomic E-state index is 0.0261. The van der Waals surface area contributed by atoms with Gasteiger partial charge in [-0.15, -0.1) is 0 Å². The summed E-state index contributed by atoms with van der Waals surface area (Å²) in [5.74, 6) is 0.0804. The van der Waals surface area contributed by atoms with E-state index < -0.39 is 0 Å². The fraction of sp³-hybridized carbons (Fsp3) is 0.286. The highest BCUT2D eigenvalue weighted by Crippen LogP contribution is 2.29. The molecule has 1 saturated heterocycles. The van der Waals surface area contributed by atoms with Gasteiger partial charge in [0.15, 0.2) is 0 Å². The molecule has 1 amide bonds. The van der Waals surface area contributed by atoms with Crippen molar-refractivity contribution in [3.63, 3.8) is 0 Å². The van der Waals surface area contributed by atoms with E-state index in [-0.39, 0.29) is 18.4 Å². The van der Waals surface area contributed by atoms with Crippen LogP contribution in [-0.2, 0) is 4.79 Å². The summed E-state index contributed by atoms with van der Waals surface area (Å²) in [6.07, 6.45) is 3.96. The number of para-hydroxylation sites is 2. The molecule has 1 aromatic carbocycles. The predicted molar refractivity (Wildman–Crippen MR) is 71.1 cm³/mol. The Bertz CT molecular complexity index is 580. The zero-order valence-electron chi connectivity index (χ0n) is 10.4. The van der Waals surface area contributed by atoms with E-state index in [4.69, 9.17) is 0 Å². The van der Waals surface area contributed by atoms with E-state index in [1.54, 1.807) is 15.8 Å². The lowest BCUT2D eigenvalue weighted by Gasteiger charge is -2.20. The summed E-state index contributed by atoms with van der Waals surface area (Å²) in [6, 6.07) is 9.52. The van der Waals surface area contributed by atoms with Crippen molar-refractivity contribution >= 4 is 11.6 Å². The third-order valence-electron chi connectivity index (χ3n) is 3.39. The van der Waals surface area contributed by atoms with E-state index in [1.165, 1.54) is 0 Å². The average Bonchev–Trinajstić information content (AvgIpc) is 3.08. The second-order valence-corrected chi connectivity index (χ2v) is 4.70. The molecule has 98 valence electrons. The van der Waals surface area contributed by atoms with Crippen molar-refractivity contribution in [1.82, 2.24) is 9.78 Å². The second-order valence-electron chi connectivity index (χ2n) is 4.70. The minimum atomic E-state index is 0.0261. The number of hydrogen-bond donors (Lipinski definition) is 1. The molecule has 19 heavy (non-hydrogen) atoms. The van der Waals surface area contributed by atoms with Gasteiger partial charge < -0.3 is 10.0 Å². The van der Waals surface area contributed by atoms with Crippen molar-refractivity contribution in [1.29, 1.82) is 0 Å². The van der Waals surface area contributed by atoms with Crippen LogP contribution < -0.4 is 4.90 Å². The molecule has 1 aliphatic heterocycles. The number of benzene rings is 1. The number of aliphatic hydroxyl groups excluding tert-OH is 1. The van der Waals surface area contributed by atoms with Gasteiger partial charge in [0.2, 0.25) is 5.91 Å². The summed E-state index contributed by atoms with van der Waals surface area (Å²) in [4.78, 5) is 13.8. The number of aromatic nitrogens is 2. The van der Waals surface area contributed by atoms with Gasteiger partial charge in [-0.25, -0.2) is 4.68 Å². The quantitative estimate of drug-likeness (QED) is 0.899. The zero-order chi connectivity index (χ0) is 13.2.